The molecular weight excluding hydrogens is 302 g/mol. The number of morpholine rings is 1. The Balaban J connectivity index is 1.95. The Kier molecular flexibility index (Phi) is 4.42. The quantitative estimate of drug-likeness (QED) is 0.671. The number of rotatable bonds is 2. The second-order valence-electron chi connectivity index (χ2n) is 4.02. The lowest BCUT2D eigenvalue weighted by Crippen LogP contribution is -2.47. The van der Waals surface area contributed by atoms with Crippen LogP contribution in [0.5, 0.6) is 0 Å². The van der Waals surface area contributed by atoms with Crippen LogP contribution in [0.4, 0.5) is 0 Å². The van der Waals surface area contributed by atoms with Crippen molar-refractivity contribution in [3.05, 3.63) is 20.8 Å². The van der Waals surface area contributed by atoms with Crippen LogP contribution < -0.4 is 5.73 Å². The second-order valence-corrected chi connectivity index (χ2v) is 6.26. The summed E-state index contributed by atoms with van der Waals surface area (Å²) in [7, 11) is 0. The van der Waals surface area contributed by atoms with Crippen LogP contribution in [0, 0.1) is 0 Å². The molecule has 0 bridgehead atoms. The van der Waals surface area contributed by atoms with E-state index in [4.69, 9.17) is 10.5 Å². The summed E-state index contributed by atoms with van der Waals surface area (Å²) in [6.07, 6.45) is 0.227. The summed E-state index contributed by atoms with van der Waals surface area (Å²) in [6.45, 7) is 5.04. The van der Waals surface area contributed by atoms with E-state index in [0.29, 0.717) is 12.5 Å². The molecule has 1 aliphatic heterocycles. The zero-order chi connectivity index (χ0) is 12.3. The van der Waals surface area contributed by atoms with E-state index in [-0.39, 0.29) is 6.10 Å². The maximum absolute atomic E-state index is 5.99. The van der Waals surface area contributed by atoms with E-state index in [2.05, 4.69) is 38.8 Å². The highest BCUT2D eigenvalue weighted by molar-refractivity contribution is 9.11. The number of nitrogens with two attached hydrogens (primary N) is 1. The highest BCUT2D eigenvalue weighted by Gasteiger charge is 2.17. The summed E-state index contributed by atoms with van der Waals surface area (Å²) in [4.78, 5) is 6.50. The fourth-order valence-corrected chi connectivity index (χ4v) is 2.94. The van der Waals surface area contributed by atoms with Gasteiger partial charge in [-0.2, -0.15) is 0 Å². The van der Waals surface area contributed by atoms with Gasteiger partial charge in [0, 0.05) is 13.1 Å². The normalized spacial score (nSPS) is 21.9. The van der Waals surface area contributed by atoms with Crippen molar-refractivity contribution in [2.75, 3.05) is 19.7 Å². The van der Waals surface area contributed by atoms with Crippen LogP contribution in [0.1, 0.15) is 12.5 Å². The van der Waals surface area contributed by atoms with Crippen molar-refractivity contribution in [3.63, 3.8) is 0 Å². The van der Waals surface area contributed by atoms with Gasteiger partial charge >= 0.3 is 0 Å². The molecule has 0 radical (unpaired) electrons. The minimum atomic E-state index is 0.227. The lowest BCUT2D eigenvalue weighted by Gasteiger charge is -2.31. The van der Waals surface area contributed by atoms with Crippen molar-refractivity contribution < 1.29 is 4.74 Å². The van der Waals surface area contributed by atoms with Crippen LogP contribution in [-0.4, -0.2) is 36.7 Å². The van der Waals surface area contributed by atoms with Crippen molar-refractivity contribution >= 4 is 33.2 Å². The first-order chi connectivity index (χ1) is 8.16. The molecule has 0 aliphatic carbocycles. The number of ether oxygens (including phenoxy) is 1. The molecule has 2 rings (SSSR count). The van der Waals surface area contributed by atoms with Crippen molar-refractivity contribution in [2.45, 2.75) is 19.6 Å². The smallest absolute Gasteiger partial charge is 0.191 e. The molecule has 2 N–H and O–H groups in total. The Bertz CT molecular complexity index is 407. The molecule has 1 aromatic heterocycles. The van der Waals surface area contributed by atoms with Gasteiger partial charge in [0.2, 0.25) is 0 Å². The highest BCUT2D eigenvalue weighted by atomic mass is 79.9. The predicted molar refractivity (Wildman–Crippen MR) is 74.3 cm³/mol. The van der Waals surface area contributed by atoms with Gasteiger partial charge in [-0.15, -0.1) is 11.3 Å². The first-order valence-electron chi connectivity index (χ1n) is 5.55. The maximum Gasteiger partial charge on any atom is 0.191 e. The van der Waals surface area contributed by atoms with Gasteiger partial charge in [-0.25, -0.2) is 4.99 Å². The maximum atomic E-state index is 5.99. The minimum Gasteiger partial charge on any atom is -0.375 e. The molecule has 0 aromatic carbocycles. The first kappa shape index (κ1) is 12.9. The number of hydrogen-bond donors (Lipinski definition) is 1. The van der Waals surface area contributed by atoms with Gasteiger partial charge in [-0.05, 0) is 39.9 Å². The highest BCUT2D eigenvalue weighted by Crippen LogP contribution is 2.23. The summed E-state index contributed by atoms with van der Waals surface area (Å²) >= 11 is 5.16. The summed E-state index contributed by atoms with van der Waals surface area (Å²) in [5.74, 6) is 0.609. The van der Waals surface area contributed by atoms with Crippen LogP contribution in [0.25, 0.3) is 0 Å². The van der Waals surface area contributed by atoms with Crippen LogP contribution in [0.2, 0.25) is 0 Å². The summed E-state index contributed by atoms with van der Waals surface area (Å²) in [6, 6.07) is 2.06. The van der Waals surface area contributed by atoms with Crippen molar-refractivity contribution in [1.29, 1.82) is 0 Å². The lowest BCUT2D eigenvalue weighted by molar-refractivity contribution is 0.00529. The molecule has 1 aliphatic rings. The largest absolute Gasteiger partial charge is 0.375 e. The fraction of sp³-hybridized carbons (Fsp3) is 0.545. The molecule has 94 valence electrons. The zero-order valence-electron chi connectivity index (χ0n) is 9.73. The van der Waals surface area contributed by atoms with Crippen LogP contribution in [-0.2, 0) is 11.3 Å². The molecule has 0 amide bonds. The topological polar surface area (TPSA) is 50.8 Å². The van der Waals surface area contributed by atoms with E-state index in [1.54, 1.807) is 11.3 Å². The Morgan fingerprint density at radius 3 is 3.24 bits per heavy atom. The summed E-state index contributed by atoms with van der Waals surface area (Å²) in [5.41, 5.74) is 7.17. The number of guanidine groups is 1. The van der Waals surface area contributed by atoms with E-state index in [0.717, 1.165) is 23.5 Å². The Morgan fingerprint density at radius 1 is 1.76 bits per heavy atom. The average Bonchev–Trinajstić information content (AvgIpc) is 2.72. The van der Waals surface area contributed by atoms with Gasteiger partial charge in [-0.1, -0.05) is 0 Å². The molecule has 1 unspecified atom stereocenters. The molecule has 1 aromatic rings. The van der Waals surface area contributed by atoms with Crippen molar-refractivity contribution in [1.82, 2.24) is 4.90 Å². The monoisotopic (exact) mass is 317 g/mol. The van der Waals surface area contributed by atoms with Crippen molar-refractivity contribution in [3.8, 4) is 0 Å². The van der Waals surface area contributed by atoms with E-state index >= 15 is 0 Å². The first-order valence-corrected chi connectivity index (χ1v) is 7.22. The number of nitrogens with zero attached hydrogens (tertiary/aromatic N) is 2. The van der Waals surface area contributed by atoms with Gasteiger partial charge in [0.25, 0.3) is 0 Å². The number of halogens is 1. The van der Waals surface area contributed by atoms with Gasteiger partial charge in [0.05, 0.1) is 23.0 Å². The molecule has 1 saturated heterocycles. The fourth-order valence-electron chi connectivity index (χ4n) is 1.72. The number of thiophene rings is 1. The summed E-state index contributed by atoms with van der Waals surface area (Å²) < 4.78 is 6.60. The number of aliphatic imine (C=N–C) groups is 1. The third kappa shape index (κ3) is 3.43. The molecule has 1 fully saturated rings. The third-order valence-electron chi connectivity index (χ3n) is 2.67. The van der Waals surface area contributed by atoms with Crippen LogP contribution in [0.15, 0.2) is 20.2 Å². The SMILES string of the molecule is CC1CN(C(N)=NCc2ccsc2Br)CCO1. The van der Waals surface area contributed by atoms with Crippen molar-refractivity contribution in [2.24, 2.45) is 10.7 Å². The zero-order valence-corrected chi connectivity index (χ0v) is 12.1. The molecule has 1 atom stereocenters. The van der Waals surface area contributed by atoms with Crippen LogP contribution >= 0.6 is 27.3 Å². The van der Waals surface area contributed by atoms with Gasteiger partial charge in [-0.3, -0.25) is 0 Å². The predicted octanol–water partition coefficient (Wildman–Crippen LogP) is 2.05. The Labute approximate surface area is 114 Å². The molecular formula is C11H16BrN3OS. The van der Waals surface area contributed by atoms with Gasteiger partial charge in [0.15, 0.2) is 5.96 Å². The second kappa shape index (κ2) is 5.84. The van der Waals surface area contributed by atoms with Gasteiger partial charge in [0.1, 0.15) is 0 Å². The van der Waals surface area contributed by atoms with Gasteiger partial charge < -0.3 is 15.4 Å². The van der Waals surface area contributed by atoms with E-state index in [1.165, 1.54) is 5.56 Å². The van der Waals surface area contributed by atoms with Crippen LogP contribution in [0.3, 0.4) is 0 Å². The van der Waals surface area contributed by atoms with E-state index in [9.17, 15) is 0 Å². The van der Waals surface area contributed by atoms with E-state index < -0.39 is 0 Å². The lowest BCUT2D eigenvalue weighted by atomic mass is 10.3. The molecule has 2 heterocycles. The molecule has 6 heteroatoms. The third-order valence-corrected chi connectivity index (χ3v) is 4.48. The average molecular weight is 318 g/mol. The molecule has 4 nitrogen and oxygen atoms in total. The Morgan fingerprint density at radius 2 is 2.59 bits per heavy atom. The number of hydrogen-bond acceptors (Lipinski definition) is 3. The molecule has 0 spiro atoms. The minimum absolute atomic E-state index is 0.227. The molecule has 0 saturated carbocycles. The standard InChI is InChI=1S/C11H16BrN3OS/c1-8-7-15(3-4-16-8)11(13)14-6-9-2-5-17-10(9)12/h2,5,8H,3-4,6-7H2,1H3,(H2,13,14). The molecule has 17 heavy (non-hydrogen) atoms. The van der Waals surface area contributed by atoms with E-state index in [1.807, 2.05) is 5.38 Å². The Hall–Kier alpha value is -0.590. The summed E-state index contributed by atoms with van der Waals surface area (Å²) in [5, 5.41) is 2.04.